The summed E-state index contributed by atoms with van der Waals surface area (Å²) < 4.78 is 5.35. The molecule has 0 saturated carbocycles. The zero-order valence-electron chi connectivity index (χ0n) is 12.6. The molecule has 0 unspecified atom stereocenters. The third kappa shape index (κ3) is 3.47. The van der Waals surface area contributed by atoms with Gasteiger partial charge in [0.25, 0.3) is 0 Å². The highest BCUT2D eigenvalue weighted by Gasteiger charge is 2.39. The van der Waals surface area contributed by atoms with E-state index < -0.39 is 0 Å². The van der Waals surface area contributed by atoms with E-state index in [1.807, 2.05) is 0 Å². The number of amides is 1. The summed E-state index contributed by atoms with van der Waals surface area (Å²) in [5.74, 6) is 1.38. The summed E-state index contributed by atoms with van der Waals surface area (Å²) >= 11 is 1.75. The highest BCUT2D eigenvalue weighted by molar-refractivity contribution is 7.07. The topological polar surface area (TPSA) is 41.6 Å². The number of fused-ring (bicyclic) bond motifs is 1. The van der Waals surface area contributed by atoms with Crippen LogP contribution in [0, 0.1) is 17.8 Å². The molecule has 2 saturated heterocycles. The number of nitrogens with zero attached hydrogens (tertiary/aromatic N) is 1. The summed E-state index contributed by atoms with van der Waals surface area (Å²) in [7, 11) is 1.75. The first-order chi connectivity index (χ1) is 10.3. The minimum atomic E-state index is 0.173. The van der Waals surface area contributed by atoms with Crippen LogP contribution >= 0.6 is 11.3 Å². The van der Waals surface area contributed by atoms with Crippen LogP contribution in [-0.4, -0.2) is 44.2 Å². The fraction of sp³-hybridized carbons (Fsp3) is 0.688. The predicted octanol–water partition coefficient (Wildman–Crippen LogP) is 1.97. The van der Waals surface area contributed by atoms with Crippen molar-refractivity contribution in [2.45, 2.75) is 19.4 Å². The highest BCUT2D eigenvalue weighted by atomic mass is 32.1. The second-order valence-corrected chi connectivity index (χ2v) is 7.00. The van der Waals surface area contributed by atoms with Gasteiger partial charge in [-0.2, -0.15) is 11.3 Å². The summed E-state index contributed by atoms with van der Waals surface area (Å²) in [4.78, 5) is 14.7. The first-order valence-corrected chi connectivity index (χ1v) is 8.72. The van der Waals surface area contributed by atoms with Crippen LogP contribution in [0.15, 0.2) is 16.8 Å². The standard InChI is InChI=1S/C16H24N2O2S/c1-20-10-13-8-17-16(19)15-3-6-18(5-2-14(13)15)9-12-4-7-21-11-12/h4,7,11,13-15H,2-3,5-6,8-10H2,1H3,(H,17,19)/t13-,14-,15-/m0/s1. The minimum Gasteiger partial charge on any atom is -0.384 e. The van der Waals surface area contributed by atoms with Crippen LogP contribution in [-0.2, 0) is 16.1 Å². The second kappa shape index (κ2) is 6.90. The molecule has 1 amide bonds. The lowest BCUT2D eigenvalue weighted by Crippen LogP contribution is -2.49. The molecule has 4 nitrogen and oxygen atoms in total. The van der Waals surface area contributed by atoms with Gasteiger partial charge in [0.2, 0.25) is 5.91 Å². The molecule has 0 aromatic carbocycles. The van der Waals surface area contributed by atoms with E-state index >= 15 is 0 Å². The fourth-order valence-corrected chi connectivity index (χ4v) is 4.44. The average molecular weight is 308 g/mol. The van der Waals surface area contributed by atoms with Gasteiger partial charge in [-0.25, -0.2) is 0 Å². The Hall–Kier alpha value is -0.910. The molecular weight excluding hydrogens is 284 g/mol. The maximum atomic E-state index is 12.2. The molecule has 3 heterocycles. The van der Waals surface area contributed by atoms with Crippen molar-refractivity contribution in [2.24, 2.45) is 17.8 Å². The number of carbonyl (C=O) groups excluding carboxylic acids is 1. The lowest BCUT2D eigenvalue weighted by Gasteiger charge is -2.36. The number of nitrogens with one attached hydrogen (secondary N) is 1. The van der Waals surface area contributed by atoms with E-state index in [1.54, 1.807) is 18.4 Å². The van der Waals surface area contributed by atoms with Crippen molar-refractivity contribution >= 4 is 17.2 Å². The van der Waals surface area contributed by atoms with E-state index in [9.17, 15) is 4.79 Å². The van der Waals surface area contributed by atoms with Crippen LogP contribution in [0.25, 0.3) is 0 Å². The summed E-state index contributed by atoms with van der Waals surface area (Å²) in [6.07, 6.45) is 2.08. The molecule has 2 aliphatic heterocycles. The van der Waals surface area contributed by atoms with Gasteiger partial charge in [0.15, 0.2) is 0 Å². The Morgan fingerprint density at radius 1 is 1.43 bits per heavy atom. The van der Waals surface area contributed by atoms with E-state index in [0.29, 0.717) is 11.8 Å². The molecule has 21 heavy (non-hydrogen) atoms. The summed E-state index contributed by atoms with van der Waals surface area (Å²) in [5, 5.41) is 7.42. The number of piperidine rings is 1. The quantitative estimate of drug-likeness (QED) is 0.924. The number of likely N-dealkylation sites (tertiary alicyclic amines) is 1. The van der Waals surface area contributed by atoms with Crippen molar-refractivity contribution in [1.82, 2.24) is 10.2 Å². The van der Waals surface area contributed by atoms with Crippen molar-refractivity contribution in [3.8, 4) is 0 Å². The Labute approximate surface area is 130 Å². The molecule has 2 aliphatic rings. The Kier molecular flexibility index (Phi) is 4.93. The van der Waals surface area contributed by atoms with Crippen LogP contribution in [0.5, 0.6) is 0 Å². The van der Waals surface area contributed by atoms with E-state index in [-0.39, 0.29) is 11.8 Å². The molecule has 2 fully saturated rings. The zero-order chi connectivity index (χ0) is 14.7. The van der Waals surface area contributed by atoms with Gasteiger partial charge in [-0.15, -0.1) is 0 Å². The fourth-order valence-electron chi connectivity index (χ4n) is 3.78. The van der Waals surface area contributed by atoms with Gasteiger partial charge < -0.3 is 10.1 Å². The van der Waals surface area contributed by atoms with E-state index in [1.165, 1.54) is 5.56 Å². The van der Waals surface area contributed by atoms with Crippen molar-refractivity contribution in [3.63, 3.8) is 0 Å². The van der Waals surface area contributed by atoms with Crippen molar-refractivity contribution in [1.29, 1.82) is 0 Å². The number of thiophene rings is 1. The second-order valence-electron chi connectivity index (χ2n) is 6.22. The van der Waals surface area contributed by atoms with Crippen LogP contribution < -0.4 is 5.32 Å². The van der Waals surface area contributed by atoms with E-state index in [0.717, 1.165) is 45.6 Å². The number of ether oxygens (including phenoxy) is 1. The number of methoxy groups -OCH3 is 1. The van der Waals surface area contributed by atoms with Crippen LogP contribution in [0.3, 0.4) is 0 Å². The zero-order valence-corrected chi connectivity index (χ0v) is 13.4. The monoisotopic (exact) mass is 308 g/mol. The van der Waals surface area contributed by atoms with Crippen LogP contribution in [0.2, 0.25) is 0 Å². The van der Waals surface area contributed by atoms with Crippen LogP contribution in [0.4, 0.5) is 0 Å². The molecule has 1 aromatic heterocycles. The third-order valence-corrected chi connectivity index (χ3v) is 5.63. The number of hydrogen-bond acceptors (Lipinski definition) is 4. The average Bonchev–Trinajstić information content (AvgIpc) is 2.89. The Morgan fingerprint density at radius 2 is 2.29 bits per heavy atom. The van der Waals surface area contributed by atoms with Gasteiger partial charge in [-0.05, 0) is 54.2 Å². The normalized spacial score (nSPS) is 30.5. The number of carbonyl (C=O) groups is 1. The van der Waals surface area contributed by atoms with Gasteiger partial charge in [-0.3, -0.25) is 9.69 Å². The van der Waals surface area contributed by atoms with Gasteiger partial charge in [0.1, 0.15) is 0 Å². The summed E-state index contributed by atoms with van der Waals surface area (Å²) in [5.41, 5.74) is 1.39. The Bertz CT molecular complexity index is 463. The third-order valence-electron chi connectivity index (χ3n) is 4.90. The number of hydrogen-bond donors (Lipinski definition) is 1. The maximum Gasteiger partial charge on any atom is 0.223 e. The molecule has 0 spiro atoms. The molecule has 0 bridgehead atoms. The van der Waals surface area contributed by atoms with Gasteiger partial charge >= 0.3 is 0 Å². The number of rotatable bonds is 4. The van der Waals surface area contributed by atoms with Crippen molar-refractivity contribution in [3.05, 3.63) is 22.4 Å². The smallest absolute Gasteiger partial charge is 0.223 e. The van der Waals surface area contributed by atoms with Crippen molar-refractivity contribution < 1.29 is 9.53 Å². The van der Waals surface area contributed by atoms with E-state index in [2.05, 4.69) is 27.0 Å². The Morgan fingerprint density at radius 3 is 3.05 bits per heavy atom. The van der Waals surface area contributed by atoms with Gasteiger partial charge in [0, 0.05) is 32.0 Å². The SMILES string of the molecule is COC[C@@H]1CNC(=O)[C@H]2CCN(Cc3ccsc3)CC[C@@H]12. The maximum absolute atomic E-state index is 12.2. The molecule has 1 aromatic rings. The molecule has 3 atom stereocenters. The predicted molar refractivity (Wildman–Crippen MR) is 84.2 cm³/mol. The van der Waals surface area contributed by atoms with Gasteiger partial charge in [-0.1, -0.05) is 0 Å². The molecule has 116 valence electrons. The minimum absolute atomic E-state index is 0.173. The molecule has 0 radical (unpaired) electrons. The molecule has 0 aliphatic carbocycles. The lowest BCUT2D eigenvalue weighted by molar-refractivity contribution is -0.131. The summed E-state index contributed by atoms with van der Waals surface area (Å²) in [6, 6.07) is 2.20. The van der Waals surface area contributed by atoms with Crippen molar-refractivity contribution in [2.75, 3.05) is 33.4 Å². The van der Waals surface area contributed by atoms with E-state index in [4.69, 9.17) is 4.74 Å². The molecular formula is C16H24N2O2S. The first-order valence-electron chi connectivity index (χ1n) is 7.78. The Balaban J connectivity index is 1.65. The van der Waals surface area contributed by atoms with Crippen LogP contribution in [0.1, 0.15) is 18.4 Å². The lowest BCUT2D eigenvalue weighted by atomic mass is 9.75. The first kappa shape index (κ1) is 15.0. The highest BCUT2D eigenvalue weighted by Crippen LogP contribution is 2.34. The van der Waals surface area contributed by atoms with Gasteiger partial charge in [0.05, 0.1) is 6.61 Å². The largest absolute Gasteiger partial charge is 0.384 e. The molecule has 5 heteroatoms. The molecule has 1 N–H and O–H groups in total. The summed E-state index contributed by atoms with van der Waals surface area (Å²) in [6.45, 7) is 4.65. The molecule has 3 rings (SSSR count).